The largest absolute Gasteiger partial charge is 0.448 e. The van der Waals surface area contributed by atoms with Crippen LogP contribution in [0.5, 0.6) is 0 Å². The Kier molecular flexibility index (Phi) is 3.64. The van der Waals surface area contributed by atoms with Crippen LogP contribution in [-0.4, -0.2) is 22.0 Å². The SMILES string of the molecule is Cc1ncncc1CC(Cl)OC=O. The van der Waals surface area contributed by atoms with E-state index in [4.69, 9.17) is 11.6 Å². The Morgan fingerprint density at radius 3 is 3.15 bits per heavy atom. The van der Waals surface area contributed by atoms with Crippen LogP contribution in [0.2, 0.25) is 0 Å². The van der Waals surface area contributed by atoms with Gasteiger partial charge in [0.25, 0.3) is 6.47 Å². The van der Waals surface area contributed by atoms with Gasteiger partial charge in [0.1, 0.15) is 6.33 Å². The molecule has 0 bridgehead atoms. The number of alkyl halides is 1. The van der Waals surface area contributed by atoms with E-state index in [2.05, 4.69) is 14.7 Å². The second-order valence-corrected chi connectivity index (χ2v) is 2.97. The van der Waals surface area contributed by atoms with E-state index < -0.39 is 5.56 Å². The molecular weight excluding hydrogens is 192 g/mol. The van der Waals surface area contributed by atoms with E-state index in [1.807, 2.05) is 6.92 Å². The summed E-state index contributed by atoms with van der Waals surface area (Å²) in [5.74, 6) is 0. The van der Waals surface area contributed by atoms with Crippen LogP contribution in [0.25, 0.3) is 0 Å². The van der Waals surface area contributed by atoms with Crippen LogP contribution in [0.1, 0.15) is 11.3 Å². The molecule has 0 aliphatic rings. The van der Waals surface area contributed by atoms with Crippen molar-refractivity contribution in [3.05, 3.63) is 23.8 Å². The fourth-order valence-corrected chi connectivity index (χ4v) is 1.11. The molecule has 0 saturated carbocycles. The normalized spacial score (nSPS) is 12.2. The van der Waals surface area contributed by atoms with Crippen LogP contribution in [-0.2, 0) is 16.0 Å². The highest BCUT2D eigenvalue weighted by molar-refractivity contribution is 6.20. The van der Waals surface area contributed by atoms with Crippen molar-refractivity contribution in [2.75, 3.05) is 0 Å². The molecule has 1 unspecified atom stereocenters. The Labute approximate surface area is 80.9 Å². The second-order valence-electron chi connectivity index (χ2n) is 2.48. The Bertz CT molecular complexity index is 293. The summed E-state index contributed by atoms with van der Waals surface area (Å²) in [6.45, 7) is 2.18. The van der Waals surface area contributed by atoms with Gasteiger partial charge in [-0.2, -0.15) is 0 Å². The van der Waals surface area contributed by atoms with Gasteiger partial charge in [-0.25, -0.2) is 9.97 Å². The number of rotatable bonds is 4. The van der Waals surface area contributed by atoms with Gasteiger partial charge in [-0.05, 0) is 12.5 Å². The summed E-state index contributed by atoms with van der Waals surface area (Å²) >= 11 is 5.68. The number of hydrogen-bond donors (Lipinski definition) is 0. The maximum absolute atomic E-state index is 9.95. The number of carbonyl (C=O) groups excluding carboxylic acids is 1. The summed E-state index contributed by atoms with van der Waals surface area (Å²) in [7, 11) is 0. The number of aryl methyl sites for hydroxylation is 1. The topological polar surface area (TPSA) is 52.1 Å². The fourth-order valence-electron chi connectivity index (χ4n) is 0.901. The van der Waals surface area contributed by atoms with Gasteiger partial charge in [0.15, 0.2) is 5.56 Å². The van der Waals surface area contributed by atoms with Crippen molar-refractivity contribution >= 4 is 18.1 Å². The zero-order valence-electron chi connectivity index (χ0n) is 7.11. The van der Waals surface area contributed by atoms with Gasteiger partial charge in [-0.15, -0.1) is 0 Å². The molecule has 1 rings (SSSR count). The average Bonchev–Trinajstić information content (AvgIpc) is 2.09. The van der Waals surface area contributed by atoms with Crippen LogP contribution >= 0.6 is 11.6 Å². The minimum atomic E-state index is -0.651. The predicted molar refractivity (Wildman–Crippen MR) is 47.3 cm³/mol. The van der Waals surface area contributed by atoms with Crippen LogP contribution in [0.15, 0.2) is 12.5 Å². The first-order valence-electron chi connectivity index (χ1n) is 3.72. The molecule has 70 valence electrons. The first-order valence-corrected chi connectivity index (χ1v) is 4.16. The van der Waals surface area contributed by atoms with E-state index in [0.29, 0.717) is 12.9 Å². The number of carbonyl (C=O) groups is 1. The van der Waals surface area contributed by atoms with Crippen LogP contribution in [0.3, 0.4) is 0 Å². The zero-order chi connectivity index (χ0) is 9.68. The lowest BCUT2D eigenvalue weighted by Gasteiger charge is -2.07. The third-order valence-corrected chi connectivity index (χ3v) is 1.85. The highest BCUT2D eigenvalue weighted by Gasteiger charge is 2.08. The van der Waals surface area contributed by atoms with Crippen molar-refractivity contribution in [2.24, 2.45) is 0 Å². The monoisotopic (exact) mass is 200 g/mol. The van der Waals surface area contributed by atoms with Crippen molar-refractivity contribution < 1.29 is 9.53 Å². The minimum absolute atomic E-state index is 0.330. The maximum Gasteiger partial charge on any atom is 0.294 e. The van der Waals surface area contributed by atoms with E-state index in [1.165, 1.54) is 6.33 Å². The molecule has 0 amide bonds. The van der Waals surface area contributed by atoms with Gasteiger partial charge in [0, 0.05) is 18.3 Å². The maximum atomic E-state index is 9.95. The van der Waals surface area contributed by atoms with Crippen LogP contribution in [0, 0.1) is 6.92 Å². The molecule has 0 aliphatic heterocycles. The highest BCUT2D eigenvalue weighted by atomic mass is 35.5. The molecule has 1 aromatic heterocycles. The standard InChI is InChI=1S/C8H9ClN2O2/c1-6-7(3-10-4-11-6)2-8(9)13-5-12/h3-5,8H,2H2,1H3. The van der Waals surface area contributed by atoms with E-state index in [9.17, 15) is 4.79 Å². The molecule has 0 aliphatic carbocycles. The minimum Gasteiger partial charge on any atom is -0.448 e. The molecule has 0 radical (unpaired) electrons. The summed E-state index contributed by atoms with van der Waals surface area (Å²) < 4.78 is 4.53. The smallest absolute Gasteiger partial charge is 0.294 e. The Balaban J connectivity index is 2.63. The number of hydrogen-bond acceptors (Lipinski definition) is 4. The summed E-state index contributed by atoms with van der Waals surface area (Å²) in [5, 5.41) is 0. The van der Waals surface area contributed by atoms with Crippen LogP contribution < -0.4 is 0 Å². The molecular formula is C8H9ClN2O2. The summed E-state index contributed by atoms with van der Waals surface area (Å²) in [6, 6.07) is 0. The summed E-state index contributed by atoms with van der Waals surface area (Å²) in [5.41, 5.74) is 1.07. The van der Waals surface area contributed by atoms with E-state index in [0.717, 1.165) is 11.3 Å². The summed E-state index contributed by atoms with van der Waals surface area (Å²) in [4.78, 5) is 17.8. The number of ether oxygens (including phenoxy) is 1. The Morgan fingerprint density at radius 1 is 1.77 bits per heavy atom. The second kappa shape index (κ2) is 4.77. The molecule has 0 spiro atoms. The molecule has 0 N–H and O–H groups in total. The lowest BCUT2D eigenvalue weighted by molar-refractivity contribution is -0.130. The molecule has 13 heavy (non-hydrogen) atoms. The lowest BCUT2D eigenvalue weighted by atomic mass is 10.2. The third-order valence-electron chi connectivity index (χ3n) is 1.60. The number of nitrogens with zero attached hydrogens (tertiary/aromatic N) is 2. The first kappa shape index (κ1) is 9.92. The van der Waals surface area contributed by atoms with Gasteiger partial charge < -0.3 is 4.74 Å². The fraction of sp³-hybridized carbons (Fsp3) is 0.375. The summed E-state index contributed by atoms with van der Waals surface area (Å²) in [6.07, 6.45) is 3.54. The van der Waals surface area contributed by atoms with Gasteiger partial charge in [0.2, 0.25) is 0 Å². The molecule has 4 nitrogen and oxygen atoms in total. The molecule has 0 aromatic carbocycles. The average molecular weight is 201 g/mol. The first-order chi connectivity index (χ1) is 6.24. The molecule has 1 aromatic rings. The number of aromatic nitrogens is 2. The molecule has 5 heteroatoms. The van der Waals surface area contributed by atoms with Gasteiger partial charge in [-0.3, -0.25) is 4.79 Å². The molecule has 1 atom stereocenters. The van der Waals surface area contributed by atoms with Crippen molar-refractivity contribution in [1.82, 2.24) is 9.97 Å². The van der Waals surface area contributed by atoms with E-state index in [-0.39, 0.29) is 0 Å². The van der Waals surface area contributed by atoms with Crippen molar-refractivity contribution in [3.8, 4) is 0 Å². The Hall–Kier alpha value is -1.16. The molecule has 0 fully saturated rings. The van der Waals surface area contributed by atoms with Gasteiger partial charge >= 0.3 is 0 Å². The van der Waals surface area contributed by atoms with Crippen molar-refractivity contribution in [2.45, 2.75) is 18.9 Å². The highest BCUT2D eigenvalue weighted by Crippen LogP contribution is 2.09. The lowest BCUT2D eigenvalue weighted by Crippen LogP contribution is -2.09. The molecule has 0 saturated heterocycles. The van der Waals surface area contributed by atoms with E-state index in [1.54, 1.807) is 6.20 Å². The van der Waals surface area contributed by atoms with Crippen molar-refractivity contribution in [1.29, 1.82) is 0 Å². The van der Waals surface area contributed by atoms with Gasteiger partial charge in [0.05, 0.1) is 0 Å². The number of halogens is 1. The Morgan fingerprint density at radius 2 is 2.54 bits per heavy atom. The van der Waals surface area contributed by atoms with Gasteiger partial charge in [-0.1, -0.05) is 11.6 Å². The predicted octanol–water partition coefficient (Wildman–Crippen LogP) is 1.07. The van der Waals surface area contributed by atoms with Crippen LogP contribution in [0.4, 0.5) is 0 Å². The van der Waals surface area contributed by atoms with Crippen molar-refractivity contribution in [3.63, 3.8) is 0 Å². The quantitative estimate of drug-likeness (QED) is 0.539. The van der Waals surface area contributed by atoms with E-state index >= 15 is 0 Å². The zero-order valence-corrected chi connectivity index (χ0v) is 7.86. The molecule has 1 heterocycles. The third kappa shape index (κ3) is 2.99.